The number of benzene rings is 2. The molecule has 2 saturated heterocycles. The lowest BCUT2D eigenvalue weighted by atomic mass is 9.95. The third kappa shape index (κ3) is 4.61. The van der Waals surface area contributed by atoms with Crippen molar-refractivity contribution in [1.29, 1.82) is 0 Å². The summed E-state index contributed by atoms with van der Waals surface area (Å²) in [5, 5.41) is 19.6. The van der Waals surface area contributed by atoms with E-state index in [1.54, 1.807) is 18.2 Å². The van der Waals surface area contributed by atoms with Crippen LogP contribution in [0.15, 0.2) is 54.6 Å². The van der Waals surface area contributed by atoms with Crippen LogP contribution >= 0.6 is 0 Å². The maximum Gasteiger partial charge on any atom is 0.254 e. The summed E-state index contributed by atoms with van der Waals surface area (Å²) < 4.78 is 6.17. The smallest absolute Gasteiger partial charge is 0.254 e. The van der Waals surface area contributed by atoms with Gasteiger partial charge >= 0.3 is 0 Å². The van der Waals surface area contributed by atoms with Gasteiger partial charge in [-0.3, -0.25) is 4.79 Å². The van der Waals surface area contributed by atoms with Crippen molar-refractivity contribution in [2.45, 2.75) is 31.1 Å². The minimum atomic E-state index is -0.215. The first-order valence-electron chi connectivity index (χ1n) is 10.3. The van der Waals surface area contributed by atoms with Crippen LogP contribution in [-0.4, -0.2) is 70.9 Å². The minimum Gasteiger partial charge on any atom is -0.508 e. The van der Waals surface area contributed by atoms with Crippen molar-refractivity contribution in [2.75, 3.05) is 32.8 Å². The Bertz CT molecular complexity index is 821. The van der Waals surface area contributed by atoms with E-state index < -0.39 is 0 Å². The van der Waals surface area contributed by atoms with Gasteiger partial charge in [0, 0.05) is 31.7 Å². The summed E-state index contributed by atoms with van der Waals surface area (Å²) in [5.41, 5.74) is 1.52. The highest BCUT2D eigenvalue weighted by Crippen LogP contribution is 2.32. The Hall–Kier alpha value is -2.41. The van der Waals surface area contributed by atoms with Crippen molar-refractivity contribution >= 4 is 5.91 Å². The number of amides is 1. The highest BCUT2D eigenvalue weighted by molar-refractivity contribution is 5.95. The molecule has 0 aliphatic carbocycles. The first-order chi connectivity index (χ1) is 14.1. The number of phenolic OH excluding ortho intramolecular Hbond substituents is 1. The molecule has 0 bridgehead atoms. The summed E-state index contributed by atoms with van der Waals surface area (Å²) in [6, 6.07) is 16.3. The van der Waals surface area contributed by atoms with Gasteiger partial charge in [-0.05, 0) is 36.6 Å². The van der Waals surface area contributed by atoms with E-state index in [0.717, 1.165) is 38.0 Å². The Labute approximate surface area is 171 Å². The zero-order valence-corrected chi connectivity index (χ0v) is 16.5. The van der Waals surface area contributed by atoms with Crippen LogP contribution in [0, 0.1) is 0 Å². The Morgan fingerprint density at radius 2 is 1.79 bits per heavy atom. The van der Waals surface area contributed by atoms with E-state index in [1.807, 2.05) is 35.2 Å². The molecule has 2 atom stereocenters. The van der Waals surface area contributed by atoms with Crippen LogP contribution in [-0.2, 0) is 4.74 Å². The lowest BCUT2D eigenvalue weighted by Crippen LogP contribution is -2.52. The van der Waals surface area contributed by atoms with Crippen molar-refractivity contribution in [3.05, 3.63) is 65.7 Å². The summed E-state index contributed by atoms with van der Waals surface area (Å²) in [5.74, 6) is -0.0130. The number of phenols is 1. The van der Waals surface area contributed by atoms with Crippen molar-refractivity contribution in [2.24, 2.45) is 0 Å². The molecule has 154 valence electrons. The monoisotopic (exact) mass is 396 g/mol. The average Bonchev–Trinajstić information content (AvgIpc) is 2.75. The van der Waals surface area contributed by atoms with Crippen LogP contribution in [0.2, 0.25) is 0 Å². The molecule has 2 N–H and O–H groups in total. The van der Waals surface area contributed by atoms with Crippen LogP contribution in [0.25, 0.3) is 0 Å². The fraction of sp³-hybridized carbons (Fsp3) is 0.435. The number of likely N-dealkylation sites (tertiary alicyclic amines) is 1. The van der Waals surface area contributed by atoms with Gasteiger partial charge in [0.15, 0.2) is 0 Å². The molecule has 0 spiro atoms. The third-order valence-electron chi connectivity index (χ3n) is 5.84. The SMILES string of the molecule is O=C(c1cccc(O)c1)N1CCO[C@@H](CN2CCC(O)CC2)[C@@H]1c1ccccc1. The molecular formula is C23H28N2O4. The number of ether oxygens (including phenoxy) is 1. The maximum atomic E-state index is 13.3. The Kier molecular flexibility index (Phi) is 6.13. The zero-order valence-electron chi connectivity index (χ0n) is 16.5. The first-order valence-corrected chi connectivity index (χ1v) is 10.3. The molecule has 2 fully saturated rings. The maximum absolute atomic E-state index is 13.3. The fourth-order valence-corrected chi connectivity index (χ4v) is 4.32. The molecule has 6 heteroatoms. The number of morpholine rings is 1. The van der Waals surface area contributed by atoms with Gasteiger partial charge < -0.3 is 24.7 Å². The van der Waals surface area contributed by atoms with Gasteiger partial charge in [0.2, 0.25) is 0 Å². The molecule has 0 saturated carbocycles. The second-order valence-electron chi connectivity index (χ2n) is 7.85. The van der Waals surface area contributed by atoms with Gasteiger partial charge in [0.05, 0.1) is 24.9 Å². The molecule has 6 nitrogen and oxygen atoms in total. The summed E-state index contributed by atoms with van der Waals surface area (Å²) in [6.07, 6.45) is 1.18. The Morgan fingerprint density at radius 3 is 2.52 bits per heavy atom. The van der Waals surface area contributed by atoms with E-state index in [9.17, 15) is 15.0 Å². The van der Waals surface area contributed by atoms with E-state index in [1.165, 1.54) is 6.07 Å². The minimum absolute atomic E-state index is 0.0868. The largest absolute Gasteiger partial charge is 0.508 e. The van der Waals surface area contributed by atoms with Crippen molar-refractivity contribution < 1.29 is 19.7 Å². The molecular weight excluding hydrogens is 368 g/mol. The second kappa shape index (κ2) is 8.95. The quantitative estimate of drug-likeness (QED) is 0.831. The van der Waals surface area contributed by atoms with Crippen molar-refractivity contribution in [1.82, 2.24) is 9.80 Å². The fourth-order valence-electron chi connectivity index (χ4n) is 4.32. The average molecular weight is 396 g/mol. The molecule has 0 aromatic heterocycles. The van der Waals surface area contributed by atoms with Gasteiger partial charge in [0.25, 0.3) is 5.91 Å². The topological polar surface area (TPSA) is 73.2 Å². The van der Waals surface area contributed by atoms with Crippen molar-refractivity contribution in [3.8, 4) is 5.75 Å². The van der Waals surface area contributed by atoms with Gasteiger partial charge in [-0.1, -0.05) is 36.4 Å². The predicted molar refractivity (Wildman–Crippen MR) is 110 cm³/mol. The molecule has 0 unspecified atom stereocenters. The van der Waals surface area contributed by atoms with Crippen LogP contribution in [0.4, 0.5) is 0 Å². The number of piperidine rings is 1. The Balaban J connectivity index is 1.60. The van der Waals surface area contributed by atoms with Crippen LogP contribution < -0.4 is 0 Å². The molecule has 2 aromatic carbocycles. The number of carbonyl (C=O) groups is 1. The summed E-state index contributed by atoms with van der Waals surface area (Å²) in [6.45, 7) is 3.38. The highest BCUT2D eigenvalue weighted by Gasteiger charge is 2.38. The number of carbonyl (C=O) groups excluding carboxylic acids is 1. The molecule has 2 aliphatic heterocycles. The number of hydrogen-bond acceptors (Lipinski definition) is 5. The van der Waals surface area contributed by atoms with Crippen LogP contribution in [0.3, 0.4) is 0 Å². The molecule has 29 heavy (non-hydrogen) atoms. The number of aliphatic hydroxyl groups excluding tert-OH is 1. The van der Waals surface area contributed by atoms with Gasteiger partial charge in [0.1, 0.15) is 5.75 Å². The Morgan fingerprint density at radius 1 is 1.03 bits per heavy atom. The lowest BCUT2D eigenvalue weighted by molar-refractivity contribution is -0.0770. The van der Waals surface area contributed by atoms with Crippen molar-refractivity contribution in [3.63, 3.8) is 0 Å². The van der Waals surface area contributed by atoms with Gasteiger partial charge in [-0.25, -0.2) is 0 Å². The number of rotatable bonds is 4. The molecule has 2 aromatic rings. The van der Waals surface area contributed by atoms with Gasteiger partial charge in [-0.2, -0.15) is 0 Å². The molecule has 1 amide bonds. The number of aliphatic hydroxyl groups is 1. The van der Waals surface area contributed by atoms with E-state index in [-0.39, 0.29) is 29.9 Å². The van der Waals surface area contributed by atoms with Crippen LogP contribution in [0.5, 0.6) is 5.75 Å². The van der Waals surface area contributed by atoms with E-state index >= 15 is 0 Å². The molecule has 2 aliphatic rings. The number of nitrogens with zero attached hydrogens (tertiary/aromatic N) is 2. The third-order valence-corrected chi connectivity index (χ3v) is 5.84. The normalized spacial score (nSPS) is 23.8. The van der Waals surface area contributed by atoms with E-state index in [4.69, 9.17) is 4.74 Å². The number of hydrogen-bond donors (Lipinski definition) is 2. The molecule has 4 rings (SSSR count). The van der Waals surface area contributed by atoms with Crippen LogP contribution in [0.1, 0.15) is 34.8 Å². The summed E-state index contributed by atoms with van der Waals surface area (Å²) in [7, 11) is 0. The standard InChI is InChI=1S/C23H28N2O4/c26-19-9-11-24(12-10-19)16-21-22(17-5-2-1-3-6-17)25(13-14-29-21)23(28)18-7-4-8-20(27)15-18/h1-8,15,19,21-22,26-27H,9-14,16H2/t21-,22-/m0/s1. The predicted octanol–water partition coefficient (Wildman–Crippen LogP) is 2.43. The number of aromatic hydroxyl groups is 1. The molecule has 0 radical (unpaired) electrons. The lowest BCUT2D eigenvalue weighted by Gasteiger charge is -2.44. The second-order valence-corrected chi connectivity index (χ2v) is 7.85. The molecule has 2 heterocycles. The van der Waals surface area contributed by atoms with E-state index in [0.29, 0.717) is 18.7 Å². The van der Waals surface area contributed by atoms with Gasteiger partial charge in [-0.15, -0.1) is 0 Å². The van der Waals surface area contributed by atoms with E-state index in [2.05, 4.69) is 4.90 Å². The zero-order chi connectivity index (χ0) is 20.2. The highest BCUT2D eigenvalue weighted by atomic mass is 16.5. The summed E-state index contributed by atoms with van der Waals surface area (Å²) in [4.78, 5) is 17.5. The summed E-state index contributed by atoms with van der Waals surface area (Å²) >= 11 is 0. The first kappa shape index (κ1) is 19.9.